The maximum atomic E-state index is 12.1. The molecule has 18 heavy (non-hydrogen) atoms. The zero-order chi connectivity index (χ0) is 13.1. The predicted molar refractivity (Wildman–Crippen MR) is 80.5 cm³/mol. The van der Waals surface area contributed by atoms with Crippen molar-refractivity contribution >= 4 is 40.2 Å². The molecule has 0 heterocycles. The molecule has 0 atom stereocenters. The number of hydrogen-bond acceptors (Lipinski definition) is 2. The van der Waals surface area contributed by atoms with Gasteiger partial charge in [-0.1, -0.05) is 18.2 Å². The van der Waals surface area contributed by atoms with Crippen LogP contribution in [0.15, 0.2) is 51.8 Å². The zero-order valence-electron chi connectivity index (χ0n) is 9.77. The molecular formula is C14H12BrNOS. The highest BCUT2D eigenvalue weighted by molar-refractivity contribution is 9.10. The molecule has 0 spiro atoms. The molecule has 0 aliphatic rings. The van der Waals surface area contributed by atoms with Gasteiger partial charge in [0, 0.05) is 9.37 Å². The average molecular weight is 322 g/mol. The van der Waals surface area contributed by atoms with Crippen molar-refractivity contribution in [3.05, 3.63) is 58.1 Å². The number of thiol groups is 1. The van der Waals surface area contributed by atoms with Gasteiger partial charge >= 0.3 is 0 Å². The van der Waals surface area contributed by atoms with Gasteiger partial charge < -0.3 is 5.32 Å². The summed E-state index contributed by atoms with van der Waals surface area (Å²) in [6.07, 6.45) is 0. The van der Waals surface area contributed by atoms with Gasteiger partial charge in [0.25, 0.3) is 5.91 Å². The summed E-state index contributed by atoms with van der Waals surface area (Å²) < 4.78 is 0.859. The molecule has 92 valence electrons. The summed E-state index contributed by atoms with van der Waals surface area (Å²) in [5, 5.41) is 2.87. The lowest BCUT2D eigenvalue weighted by atomic mass is 10.2. The number of carbonyl (C=O) groups excluding carboxylic acids is 1. The van der Waals surface area contributed by atoms with E-state index in [2.05, 4.69) is 33.9 Å². The number of anilines is 1. The van der Waals surface area contributed by atoms with E-state index >= 15 is 0 Å². The molecule has 2 aromatic carbocycles. The monoisotopic (exact) mass is 321 g/mol. The van der Waals surface area contributed by atoms with E-state index in [1.54, 1.807) is 12.1 Å². The second kappa shape index (κ2) is 5.59. The molecule has 4 heteroatoms. The van der Waals surface area contributed by atoms with Crippen LogP contribution in [0.5, 0.6) is 0 Å². The Labute approximate surface area is 120 Å². The highest BCUT2D eigenvalue weighted by atomic mass is 79.9. The minimum Gasteiger partial charge on any atom is -0.321 e. The molecule has 1 amide bonds. The van der Waals surface area contributed by atoms with Gasteiger partial charge in [-0.2, -0.15) is 0 Å². The maximum Gasteiger partial charge on any atom is 0.256 e. The SMILES string of the molecule is Cc1ccc(Br)c(NC(=O)c2ccccc2S)c1. The van der Waals surface area contributed by atoms with Crippen LogP contribution in [0.1, 0.15) is 15.9 Å². The Hall–Kier alpha value is -1.26. The van der Waals surface area contributed by atoms with Crippen molar-refractivity contribution in [2.45, 2.75) is 11.8 Å². The van der Waals surface area contributed by atoms with Crippen molar-refractivity contribution in [1.29, 1.82) is 0 Å². The fourth-order valence-electron chi connectivity index (χ4n) is 1.59. The van der Waals surface area contributed by atoms with E-state index < -0.39 is 0 Å². The number of amides is 1. The van der Waals surface area contributed by atoms with Crippen molar-refractivity contribution in [3.8, 4) is 0 Å². The number of halogens is 1. The maximum absolute atomic E-state index is 12.1. The number of rotatable bonds is 2. The van der Waals surface area contributed by atoms with Crippen molar-refractivity contribution < 1.29 is 4.79 Å². The molecule has 0 bridgehead atoms. The van der Waals surface area contributed by atoms with E-state index in [-0.39, 0.29) is 5.91 Å². The molecule has 0 aliphatic carbocycles. The second-order valence-corrected chi connectivity index (χ2v) is 5.29. The normalized spacial score (nSPS) is 10.2. The Morgan fingerprint density at radius 1 is 1.22 bits per heavy atom. The Bertz CT molecular complexity index is 598. The van der Waals surface area contributed by atoms with E-state index in [4.69, 9.17) is 0 Å². The summed E-state index contributed by atoms with van der Waals surface area (Å²) in [5.74, 6) is -0.160. The van der Waals surface area contributed by atoms with Gasteiger partial charge in [0.05, 0.1) is 11.3 Å². The van der Waals surface area contributed by atoms with Gasteiger partial charge in [-0.3, -0.25) is 4.79 Å². The average Bonchev–Trinajstić information content (AvgIpc) is 2.34. The van der Waals surface area contributed by atoms with Crippen LogP contribution in [0.2, 0.25) is 0 Å². The van der Waals surface area contributed by atoms with E-state index in [0.717, 1.165) is 15.7 Å². The third-order valence-corrected chi connectivity index (χ3v) is 3.60. The second-order valence-electron chi connectivity index (χ2n) is 3.95. The van der Waals surface area contributed by atoms with Crippen LogP contribution in [-0.4, -0.2) is 5.91 Å². The van der Waals surface area contributed by atoms with Crippen LogP contribution >= 0.6 is 28.6 Å². The highest BCUT2D eigenvalue weighted by Crippen LogP contribution is 2.24. The fraction of sp³-hybridized carbons (Fsp3) is 0.0714. The third-order valence-electron chi connectivity index (χ3n) is 2.52. The predicted octanol–water partition coefficient (Wildman–Crippen LogP) is 4.30. The van der Waals surface area contributed by atoms with Gasteiger partial charge in [-0.25, -0.2) is 0 Å². The van der Waals surface area contributed by atoms with E-state index in [1.165, 1.54) is 0 Å². The molecule has 0 radical (unpaired) electrons. The van der Waals surface area contributed by atoms with Gasteiger partial charge in [0.15, 0.2) is 0 Å². The lowest BCUT2D eigenvalue weighted by Crippen LogP contribution is -2.13. The minimum atomic E-state index is -0.160. The molecule has 0 fully saturated rings. The van der Waals surface area contributed by atoms with Crippen LogP contribution in [0, 0.1) is 6.92 Å². The Balaban J connectivity index is 2.27. The lowest BCUT2D eigenvalue weighted by Gasteiger charge is -2.09. The van der Waals surface area contributed by atoms with E-state index in [9.17, 15) is 4.79 Å². The summed E-state index contributed by atoms with van der Waals surface area (Å²) >= 11 is 7.69. The first-order valence-corrected chi connectivity index (χ1v) is 6.67. The zero-order valence-corrected chi connectivity index (χ0v) is 12.3. The molecule has 0 saturated heterocycles. The van der Waals surface area contributed by atoms with Crippen molar-refractivity contribution in [2.24, 2.45) is 0 Å². The van der Waals surface area contributed by atoms with Crippen LogP contribution in [-0.2, 0) is 0 Å². The first-order chi connectivity index (χ1) is 8.58. The van der Waals surface area contributed by atoms with Gasteiger partial charge in [0.2, 0.25) is 0 Å². The largest absolute Gasteiger partial charge is 0.321 e. The van der Waals surface area contributed by atoms with Gasteiger partial charge in [-0.05, 0) is 52.7 Å². The van der Waals surface area contributed by atoms with Crippen molar-refractivity contribution in [3.63, 3.8) is 0 Å². The Morgan fingerprint density at radius 3 is 2.67 bits per heavy atom. The first kappa shape index (κ1) is 13.2. The first-order valence-electron chi connectivity index (χ1n) is 5.43. The molecule has 0 saturated carbocycles. The number of hydrogen-bond donors (Lipinski definition) is 2. The van der Waals surface area contributed by atoms with Crippen LogP contribution < -0.4 is 5.32 Å². The molecule has 2 nitrogen and oxygen atoms in total. The lowest BCUT2D eigenvalue weighted by molar-refractivity contribution is 0.102. The molecule has 0 aliphatic heterocycles. The third kappa shape index (κ3) is 2.94. The topological polar surface area (TPSA) is 29.1 Å². The number of aryl methyl sites for hydroxylation is 1. The number of benzene rings is 2. The van der Waals surface area contributed by atoms with E-state index in [0.29, 0.717) is 10.5 Å². The quantitative estimate of drug-likeness (QED) is 0.793. The van der Waals surface area contributed by atoms with Crippen molar-refractivity contribution in [1.82, 2.24) is 0 Å². The van der Waals surface area contributed by atoms with Crippen LogP contribution in [0.25, 0.3) is 0 Å². The summed E-state index contributed by atoms with van der Waals surface area (Å²) in [4.78, 5) is 12.8. The van der Waals surface area contributed by atoms with Crippen molar-refractivity contribution in [2.75, 3.05) is 5.32 Å². The molecule has 0 unspecified atom stereocenters. The molecule has 0 aromatic heterocycles. The minimum absolute atomic E-state index is 0.160. The number of carbonyl (C=O) groups is 1. The molecule has 1 N–H and O–H groups in total. The highest BCUT2D eigenvalue weighted by Gasteiger charge is 2.10. The summed E-state index contributed by atoms with van der Waals surface area (Å²) in [6, 6.07) is 13.0. The smallest absolute Gasteiger partial charge is 0.256 e. The molecule has 2 rings (SSSR count). The summed E-state index contributed by atoms with van der Waals surface area (Å²) in [6.45, 7) is 1.98. The summed E-state index contributed by atoms with van der Waals surface area (Å²) in [5.41, 5.74) is 2.42. The van der Waals surface area contributed by atoms with Gasteiger partial charge in [0.1, 0.15) is 0 Å². The Morgan fingerprint density at radius 2 is 1.94 bits per heavy atom. The van der Waals surface area contributed by atoms with E-state index in [1.807, 2.05) is 37.3 Å². The number of nitrogens with one attached hydrogen (secondary N) is 1. The van der Waals surface area contributed by atoms with Crippen LogP contribution in [0.3, 0.4) is 0 Å². The molecular weight excluding hydrogens is 310 g/mol. The standard InChI is InChI=1S/C14H12BrNOS/c1-9-6-7-11(15)12(8-9)16-14(17)10-4-2-3-5-13(10)18/h2-8,18H,1H3,(H,16,17). The molecule has 2 aromatic rings. The fourth-order valence-corrected chi connectivity index (χ4v) is 2.20. The van der Waals surface area contributed by atoms with Crippen LogP contribution in [0.4, 0.5) is 5.69 Å². The van der Waals surface area contributed by atoms with Gasteiger partial charge in [-0.15, -0.1) is 12.6 Å². The Kier molecular flexibility index (Phi) is 4.09. The summed E-state index contributed by atoms with van der Waals surface area (Å²) in [7, 11) is 0.